The second-order valence-corrected chi connectivity index (χ2v) is 26.3. The Bertz CT molecular complexity index is 6190. The van der Waals surface area contributed by atoms with Gasteiger partial charge in [-0.3, -0.25) is 0 Å². The number of nitrogens with zero attached hydrogens (tertiary/aromatic N) is 2. The standard InChI is InChI=1S/C52H35NO.C48H33NO/c1-3-12-36(13-4-1)38-22-24-42(25-23-38)49-34-45(35-50-48-19-9-10-21-51(48)54-52(49)50)53(43-30-26-39(27-31-43)37-14-5-2-6-15-37)44-32-28-41(29-33-44)47-20-11-17-40-16-7-8-18-46(40)47;1-4-12-34(13-5-1)36-20-22-38(23-21-36)39-28-30-42(31-29-39)49(41-16-8-3-9-17-41)43-32-45(48-46(33-43)44-18-10-11-19-47(44)50-48)40-26-24-37(25-27-40)35-14-6-2-7-15-35/h1-35H;1-33H. The molecule has 0 N–H and O–H groups in total. The van der Waals surface area contributed by atoms with Crippen LogP contribution in [0.15, 0.2) is 421 Å². The fraction of sp³-hybridized carbons (Fsp3) is 0. The first-order chi connectivity index (χ1) is 51.5. The van der Waals surface area contributed by atoms with Gasteiger partial charge in [-0.2, -0.15) is 0 Å². The highest BCUT2D eigenvalue weighted by Crippen LogP contribution is 2.47. The van der Waals surface area contributed by atoms with Crippen molar-refractivity contribution in [2.24, 2.45) is 0 Å². The molecule has 0 aliphatic heterocycles. The summed E-state index contributed by atoms with van der Waals surface area (Å²) >= 11 is 0. The van der Waals surface area contributed by atoms with E-state index in [4.69, 9.17) is 8.83 Å². The molecule has 0 fully saturated rings. The number of hydrogen-bond acceptors (Lipinski definition) is 4. The molecule has 0 spiro atoms. The molecule has 0 bridgehead atoms. The van der Waals surface area contributed by atoms with E-state index in [1.807, 2.05) is 12.1 Å². The number of fused-ring (bicyclic) bond motifs is 7. The van der Waals surface area contributed by atoms with E-state index in [2.05, 4.69) is 410 Å². The average molecular weight is 1330 g/mol. The summed E-state index contributed by atoms with van der Waals surface area (Å²) in [4.78, 5) is 4.70. The summed E-state index contributed by atoms with van der Waals surface area (Å²) in [7, 11) is 0. The molecule has 4 heteroatoms. The van der Waals surface area contributed by atoms with Crippen molar-refractivity contribution in [2.45, 2.75) is 0 Å². The van der Waals surface area contributed by atoms with E-state index in [0.29, 0.717) is 0 Å². The summed E-state index contributed by atoms with van der Waals surface area (Å²) in [6, 6.07) is 147. The third-order valence-electron chi connectivity index (χ3n) is 20.0. The van der Waals surface area contributed by atoms with Crippen LogP contribution < -0.4 is 9.80 Å². The van der Waals surface area contributed by atoms with E-state index < -0.39 is 0 Å². The molecule has 2 heterocycles. The van der Waals surface area contributed by atoms with Crippen molar-refractivity contribution in [3.8, 4) is 89.0 Å². The quantitative estimate of drug-likeness (QED) is 0.109. The highest BCUT2D eigenvalue weighted by atomic mass is 16.3. The predicted molar refractivity (Wildman–Crippen MR) is 438 cm³/mol. The van der Waals surface area contributed by atoms with Crippen LogP contribution in [0.3, 0.4) is 0 Å². The molecular formula is C100H68N2O2. The van der Waals surface area contributed by atoms with Crippen LogP contribution >= 0.6 is 0 Å². The maximum absolute atomic E-state index is 6.65. The van der Waals surface area contributed by atoms with Gasteiger partial charge in [-0.05, 0) is 174 Å². The number of rotatable bonds is 14. The van der Waals surface area contributed by atoms with Gasteiger partial charge < -0.3 is 18.6 Å². The molecule has 19 rings (SSSR count). The molecule has 0 unspecified atom stereocenters. The zero-order valence-electron chi connectivity index (χ0n) is 57.0. The lowest BCUT2D eigenvalue weighted by Crippen LogP contribution is -2.10. The molecule has 17 aromatic carbocycles. The zero-order chi connectivity index (χ0) is 69.1. The zero-order valence-corrected chi connectivity index (χ0v) is 57.0. The Hall–Kier alpha value is -13.8. The Balaban J connectivity index is 0.000000149. The number of anilines is 6. The minimum atomic E-state index is 0.880. The topological polar surface area (TPSA) is 32.8 Å². The first-order valence-corrected chi connectivity index (χ1v) is 35.4. The highest BCUT2D eigenvalue weighted by Gasteiger charge is 2.23. The molecule has 0 saturated heterocycles. The average Bonchev–Trinajstić information content (AvgIpc) is 1.55. The van der Waals surface area contributed by atoms with Gasteiger partial charge in [-0.15, -0.1) is 0 Å². The number of hydrogen-bond donors (Lipinski definition) is 0. The normalized spacial score (nSPS) is 11.3. The van der Waals surface area contributed by atoms with Gasteiger partial charge in [0.15, 0.2) is 0 Å². The van der Waals surface area contributed by atoms with Crippen molar-refractivity contribution in [1.82, 2.24) is 0 Å². The monoisotopic (exact) mass is 1330 g/mol. The Morgan fingerprint density at radius 2 is 0.413 bits per heavy atom. The molecule has 4 nitrogen and oxygen atoms in total. The summed E-state index contributed by atoms with van der Waals surface area (Å²) < 4.78 is 13.2. The van der Waals surface area contributed by atoms with Gasteiger partial charge in [0.25, 0.3) is 0 Å². The minimum absolute atomic E-state index is 0.880. The van der Waals surface area contributed by atoms with Crippen LogP contribution in [0.25, 0.3) is 144 Å². The van der Waals surface area contributed by atoms with Gasteiger partial charge in [0, 0.05) is 66.8 Å². The number of para-hydroxylation sites is 3. The van der Waals surface area contributed by atoms with E-state index in [9.17, 15) is 0 Å². The van der Waals surface area contributed by atoms with Gasteiger partial charge in [0.05, 0.1) is 0 Å². The third-order valence-corrected chi connectivity index (χ3v) is 20.0. The first-order valence-electron chi connectivity index (χ1n) is 35.4. The van der Waals surface area contributed by atoms with Gasteiger partial charge in [-0.25, -0.2) is 0 Å². The fourth-order valence-corrected chi connectivity index (χ4v) is 14.7. The summed E-state index contributed by atoms with van der Waals surface area (Å²) in [5.41, 5.74) is 28.7. The molecule has 0 amide bonds. The maximum atomic E-state index is 6.65. The summed E-state index contributed by atoms with van der Waals surface area (Å²) in [5, 5.41) is 6.88. The van der Waals surface area contributed by atoms with E-state index in [0.717, 1.165) is 100 Å². The van der Waals surface area contributed by atoms with E-state index in [1.54, 1.807) is 0 Å². The van der Waals surface area contributed by atoms with Gasteiger partial charge in [-0.1, -0.05) is 328 Å². The molecule has 104 heavy (non-hydrogen) atoms. The van der Waals surface area contributed by atoms with Crippen molar-refractivity contribution >= 4 is 88.8 Å². The largest absolute Gasteiger partial charge is 0.455 e. The van der Waals surface area contributed by atoms with Crippen molar-refractivity contribution in [3.63, 3.8) is 0 Å². The second-order valence-electron chi connectivity index (χ2n) is 26.3. The SMILES string of the molecule is c1ccc(-c2ccc(-c3cc(N(c4ccc(-c5ccccc5)cc4)c4ccc(-c5cccc6ccccc56)cc4)cc4c3oc3ccccc34)cc2)cc1.c1ccc(-c2ccc(-c3ccc(N(c4ccccc4)c4cc(-c5ccc(-c6ccccc6)cc5)c5oc6ccccc6c5c4)cc3)cc2)cc1. The molecule has 0 saturated carbocycles. The van der Waals surface area contributed by atoms with Crippen molar-refractivity contribution in [1.29, 1.82) is 0 Å². The van der Waals surface area contributed by atoms with Crippen LogP contribution in [-0.4, -0.2) is 0 Å². The Kier molecular flexibility index (Phi) is 16.6. The van der Waals surface area contributed by atoms with Crippen LogP contribution in [0.4, 0.5) is 34.1 Å². The van der Waals surface area contributed by atoms with Crippen LogP contribution in [-0.2, 0) is 0 Å². The Morgan fingerprint density at radius 1 is 0.154 bits per heavy atom. The maximum Gasteiger partial charge on any atom is 0.143 e. The van der Waals surface area contributed by atoms with E-state index >= 15 is 0 Å². The van der Waals surface area contributed by atoms with Crippen LogP contribution in [0.2, 0.25) is 0 Å². The van der Waals surface area contributed by atoms with Crippen LogP contribution in [0.1, 0.15) is 0 Å². The molecule has 19 aromatic rings. The first kappa shape index (κ1) is 62.5. The lowest BCUT2D eigenvalue weighted by Gasteiger charge is -2.27. The van der Waals surface area contributed by atoms with Gasteiger partial charge >= 0.3 is 0 Å². The number of furan rings is 2. The molecule has 0 atom stereocenters. The van der Waals surface area contributed by atoms with Crippen molar-refractivity contribution < 1.29 is 8.83 Å². The molecule has 490 valence electrons. The minimum Gasteiger partial charge on any atom is -0.455 e. The second kappa shape index (κ2) is 27.7. The lowest BCUT2D eigenvalue weighted by atomic mass is 9.97. The summed E-state index contributed by atoms with van der Waals surface area (Å²) in [6.07, 6.45) is 0. The van der Waals surface area contributed by atoms with E-state index in [-0.39, 0.29) is 0 Å². The lowest BCUT2D eigenvalue weighted by molar-refractivity contribution is 0.669. The predicted octanol–water partition coefficient (Wildman–Crippen LogP) is 28.6. The molecule has 2 aromatic heterocycles. The van der Waals surface area contributed by atoms with Gasteiger partial charge in [0.1, 0.15) is 22.3 Å². The number of benzene rings is 17. The van der Waals surface area contributed by atoms with E-state index in [1.165, 1.54) is 77.5 Å². The van der Waals surface area contributed by atoms with Crippen molar-refractivity contribution in [2.75, 3.05) is 9.80 Å². The molecular weight excluding hydrogens is 1260 g/mol. The third kappa shape index (κ3) is 12.3. The fourth-order valence-electron chi connectivity index (χ4n) is 14.7. The summed E-state index contributed by atoms with van der Waals surface area (Å²) in [5.74, 6) is 0. The summed E-state index contributed by atoms with van der Waals surface area (Å²) in [6.45, 7) is 0. The van der Waals surface area contributed by atoms with Crippen molar-refractivity contribution in [3.05, 3.63) is 413 Å². The van der Waals surface area contributed by atoms with Crippen LogP contribution in [0, 0.1) is 0 Å². The van der Waals surface area contributed by atoms with Crippen LogP contribution in [0.5, 0.6) is 0 Å². The molecule has 0 radical (unpaired) electrons. The Labute approximate surface area is 605 Å². The Morgan fingerprint density at radius 3 is 0.788 bits per heavy atom. The smallest absolute Gasteiger partial charge is 0.143 e. The van der Waals surface area contributed by atoms with Gasteiger partial charge in [0.2, 0.25) is 0 Å². The molecule has 0 aliphatic carbocycles. The highest BCUT2D eigenvalue weighted by molar-refractivity contribution is 6.13. The molecule has 0 aliphatic rings.